The molecule has 4 heteroatoms. The first kappa shape index (κ1) is 20.1. The summed E-state index contributed by atoms with van der Waals surface area (Å²) in [4.78, 5) is 7.47. The van der Waals surface area contributed by atoms with E-state index in [1.54, 1.807) is 6.33 Å². The maximum Gasteiger partial charge on any atom is 0.153 e. The van der Waals surface area contributed by atoms with Crippen LogP contribution in [0.4, 0.5) is 0 Å². The molecule has 0 amide bonds. The highest BCUT2D eigenvalue weighted by atomic mass is 15.4. The lowest BCUT2D eigenvalue weighted by molar-refractivity contribution is 0.172. The Kier molecular flexibility index (Phi) is 6.00. The summed E-state index contributed by atoms with van der Waals surface area (Å²) in [5.41, 5.74) is 6.50. The van der Waals surface area contributed by atoms with Crippen LogP contribution < -0.4 is 0 Å². The fourth-order valence-electron chi connectivity index (χ4n) is 5.04. The van der Waals surface area contributed by atoms with Crippen molar-refractivity contribution >= 4 is 0 Å². The molecule has 1 aliphatic carbocycles. The molecule has 0 spiro atoms. The first-order valence-electron chi connectivity index (χ1n) is 11.1. The molecule has 2 aliphatic rings. The van der Waals surface area contributed by atoms with Crippen LogP contribution in [0.15, 0.2) is 48.3 Å². The maximum absolute atomic E-state index is 4.83. The highest BCUT2D eigenvalue weighted by Crippen LogP contribution is 2.39. The molecule has 0 bridgehead atoms. The van der Waals surface area contributed by atoms with Crippen LogP contribution in [0.1, 0.15) is 68.4 Å². The predicted octanol–water partition coefficient (Wildman–Crippen LogP) is 5.71. The van der Waals surface area contributed by atoms with Gasteiger partial charge in [0, 0.05) is 0 Å². The van der Waals surface area contributed by atoms with Crippen LogP contribution in [0.5, 0.6) is 0 Å². The largest absolute Gasteiger partial charge is 0.290 e. The molecule has 1 aromatic heterocycles. The number of nitrogens with zero attached hydrogens (tertiary/aromatic N) is 4. The number of para-hydroxylation sites is 1. The van der Waals surface area contributed by atoms with Crippen molar-refractivity contribution in [2.24, 2.45) is 5.92 Å². The summed E-state index contributed by atoms with van der Waals surface area (Å²) >= 11 is 0. The van der Waals surface area contributed by atoms with E-state index in [9.17, 15) is 0 Å². The van der Waals surface area contributed by atoms with E-state index >= 15 is 0 Å². The van der Waals surface area contributed by atoms with Gasteiger partial charge in [-0.2, -0.15) is 5.10 Å². The third kappa shape index (κ3) is 4.09. The normalized spacial score (nSPS) is 21.6. The molecule has 1 aromatic carbocycles. The van der Waals surface area contributed by atoms with Gasteiger partial charge in [-0.3, -0.25) is 4.90 Å². The van der Waals surface area contributed by atoms with Crippen LogP contribution in [0.25, 0.3) is 5.69 Å². The number of aryl methyl sites for hydroxylation is 2. The van der Waals surface area contributed by atoms with Crippen molar-refractivity contribution in [2.45, 2.75) is 65.3 Å². The molecule has 4 nitrogen and oxygen atoms in total. The maximum atomic E-state index is 4.83. The summed E-state index contributed by atoms with van der Waals surface area (Å²) in [6.07, 6.45) is 11.5. The van der Waals surface area contributed by atoms with Crippen LogP contribution in [0, 0.1) is 19.8 Å². The van der Waals surface area contributed by atoms with Crippen LogP contribution in [0.3, 0.4) is 0 Å². The summed E-state index contributed by atoms with van der Waals surface area (Å²) in [5, 5.41) is 4.70. The van der Waals surface area contributed by atoms with Gasteiger partial charge in [0.25, 0.3) is 0 Å². The van der Waals surface area contributed by atoms with Crippen LogP contribution in [-0.4, -0.2) is 32.8 Å². The van der Waals surface area contributed by atoms with E-state index < -0.39 is 0 Å². The predicted molar refractivity (Wildman–Crippen MR) is 119 cm³/mol. The van der Waals surface area contributed by atoms with Crippen LogP contribution in [0.2, 0.25) is 0 Å². The van der Waals surface area contributed by atoms with Crippen molar-refractivity contribution in [3.8, 4) is 5.69 Å². The molecule has 0 N–H and O–H groups in total. The molecule has 2 unspecified atom stereocenters. The quantitative estimate of drug-likeness (QED) is 0.613. The summed E-state index contributed by atoms with van der Waals surface area (Å²) in [6.45, 7) is 13.0. The van der Waals surface area contributed by atoms with Crippen molar-refractivity contribution in [3.05, 3.63) is 65.3 Å². The van der Waals surface area contributed by atoms with Gasteiger partial charge in [-0.15, -0.1) is 0 Å². The number of hydrogen-bond donors (Lipinski definition) is 0. The minimum atomic E-state index is 0.225. The zero-order valence-electron chi connectivity index (χ0n) is 18.2. The van der Waals surface area contributed by atoms with Gasteiger partial charge in [0.1, 0.15) is 6.33 Å². The number of hydrogen-bond acceptors (Lipinski definition) is 3. The molecule has 2 atom stereocenters. The first-order chi connectivity index (χ1) is 14.1. The Morgan fingerprint density at radius 2 is 1.86 bits per heavy atom. The summed E-state index contributed by atoms with van der Waals surface area (Å²) in [5.74, 6) is 1.70. The van der Waals surface area contributed by atoms with Gasteiger partial charge in [-0.1, -0.05) is 42.8 Å². The van der Waals surface area contributed by atoms with E-state index in [0.29, 0.717) is 5.92 Å². The van der Waals surface area contributed by atoms with E-state index in [2.05, 4.69) is 61.2 Å². The molecular formula is C25H34N4. The molecule has 2 heterocycles. The van der Waals surface area contributed by atoms with Crippen LogP contribution in [-0.2, 0) is 0 Å². The highest BCUT2D eigenvalue weighted by molar-refractivity contribution is 5.47. The lowest BCUT2D eigenvalue weighted by Gasteiger charge is -2.37. The van der Waals surface area contributed by atoms with Crippen molar-refractivity contribution in [1.29, 1.82) is 0 Å². The number of benzene rings is 1. The number of likely N-dealkylation sites (tertiary alicyclic amines) is 1. The fraction of sp³-hybridized carbons (Fsp3) is 0.520. The van der Waals surface area contributed by atoms with Gasteiger partial charge >= 0.3 is 0 Å². The van der Waals surface area contributed by atoms with Crippen LogP contribution >= 0.6 is 0 Å². The Bertz CT molecular complexity index is 881. The topological polar surface area (TPSA) is 34.0 Å². The molecule has 29 heavy (non-hydrogen) atoms. The van der Waals surface area contributed by atoms with Gasteiger partial charge in [0.2, 0.25) is 0 Å². The summed E-state index contributed by atoms with van der Waals surface area (Å²) < 4.78 is 2.11. The minimum Gasteiger partial charge on any atom is -0.290 e. The average Bonchev–Trinajstić information content (AvgIpc) is 3.18. The van der Waals surface area contributed by atoms with E-state index in [1.807, 2.05) is 0 Å². The second-order valence-corrected chi connectivity index (χ2v) is 8.87. The number of aromatic nitrogens is 3. The SMILES string of the molecule is C=C(C)C1CC=C(C(c2ncnn2-c2c(C)cccc2C)N2CCCCC2)CC1. The molecule has 0 radical (unpaired) electrons. The number of allylic oxidation sites excluding steroid dienone is 2. The van der Waals surface area contributed by atoms with Crippen molar-refractivity contribution in [3.63, 3.8) is 0 Å². The third-order valence-electron chi connectivity index (χ3n) is 6.72. The number of piperidine rings is 1. The Labute approximate surface area is 175 Å². The van der Waals surface area contributed by atoms with E-state index in [1.165, 1.54) is 53.6 Å². The third-order valence-corrected chi connectivity index (χ3v) is 6.72. The second kappa shape index (κ2) is 8.66. The standard InChI is InChI=1S/C25H34N4/c1-18(2)21-11-13-22(14-12-21)24(28-15-6-5-7-16-28)25-26-17-27-29(25)23-19(3)9-8-10-20(23)4/h8-10,13,17,21,24H,1,5-7,11-12,14-16H2,2-4H3. The Balaban J connectivity index is 1.76. The van der Waals surface area contributed by atoms with Gasteiger partial charge in [0.15, 0.2) is 5.82 Å². The molecular weight excluding hydrogens is 356 g/mol. The lowest BCUT2D eigenvalue weighted by Crippen LogP contribution is -2.37. The molecule has 154 valence electrons. The van der Waals surface area contributed by atoms with E-state index in [-0.39, 0.29) is 6.04 Å². The number of rotatable bonds is 5. The molecule has 4 rings (SSSR count). The van der Waals surface area contributed by atoms with Gasteiger partial charge < -0.3 is 0 Å². The highest BCUT2D eigenvalue weighted by Gasteiger charge is 2.32. The molecule has 1 saturated heterocycles. The van der Waals surface area contributed by atoms with E-state index in [0.717, 1.165) is 31.8 Å². The van der Waals surface area contributed by atoms with Crippen molar-refractivity contribution in [1.82, 2.24) is 19.7 Å². The van der Waals surface area contributed by atoms with Gasteiger partial charge in [0.05, 0.1) is 11.7 Å². The fourth-order valence-corrected chi connectivity index (χ4v) is 5.04. The molecule has 0 saturated carbocycles. The summed E-state index contributed by atoms with van der Waals surface area (Å²) in [7, 11) is 0. The molecule has 1 aliphatic heterocycles. The van der Waals surface area contributed by atoms with Crippen molar-refractivity contribution < 1.29 is 0 Å². The zero-order valence-corrected chi connectivity index (χ0v) is 18.2. The minimum absolute atomic E-state index is 0.225. The smallest absolute Gasteiger partial charge is 0.153 e. The first-order valence-corrected chi connectivity index (χ1v) is 11.1. The molecule has 1 fully saturated rings. The lowest BCUT2D eigenvalue weighted by atomic mass is 9.82. The summed E-state index contributed by atoms with van der Waals surface area (Å²) in [6, 6.07) is 6.68. The zero-order chi connectivity index (χ0) is 20.4. The average molecular weight is 391 g/mol. The van der Waals surface area contributed by atoms with Crippen molar-refractivity contribution in [2.75, 3.05) is 13.1 Å². The van der Waals surface area contributed by atoms with Gasteiger partial charge in [-0.05, 0) is 88.6 Å². The Morgan fingerprint density at radius 1 is 1.14 bits per heavy atom. The second-order valence-electron chi connectivity index (χ2n) is 8.87. The Morgan fingerprint density at radius 3 is 2.48 bits per heavy atom. The van der Waals surface area contributed by atoms with Gasteiger partial charge in [-0.25, -0.2) is 9.67 Å². The molecule has 2 aromatic rings. The van der Waals surface area contributed by atoms with E-state index in [4.69, 9.17) is 10.1 Å². The monoisotopic (exact) mass is 390 g/mol. The Hall–Kier alpha value is -2.20.